The summed E-state index contributed by atoms with van der Waals surface area (Å²) < 4.78 is 5.50. The van der Waals surface area contributed by atoms with E-state index in [0.29, 0.717) is 13.0 Å². The van der Waals surface area contributed by atoms with E-state index in [1.165, 1.54) is 16.7 Å². The quantitative estimate of drug-likeness (QED) is 0.573. The summed E-state index contributed by atoms with van der Waals surface area (Å²) in [5, 5.41) is 0. The number of hydrogen-bond acceptors (Lipinski definition) is 2. The van der Waals surface area contributed by atoms with Gasteiger partial charge in [-0.1, -0.05) is 50.5 Å². The van der Waals surface area contributed by atoms with Gasteiger partial charge in [-0.15, -0.1) is 0 Å². The van der Waals surface area contributed by atoms with Gasteiger partial charge in [0.2, 0.25) is 0 Å². The molecule has 2 heteroatoms. The molecule has 110 valence electrons. The minimum absolute atomic E-state index is 0.0354. The number of benzene rings is 1. The maximum Gasteiger partial charge on any atom is 0.305 e. The van der Waals surface area contributed by atoms with Gasteiger partial charge in [0.15, 0.2) is 0 Å². The van der Waals surface area contributed by atoms with Crippen molar-refractivity contribution < 1.29 is 9.53 Å². The minimum atomic E-state index is -0.0354. The molecular weight excluding hydrogens is 248 g/mol. The fraction of sp³-hybridized carbons (Fsp3) is 0.611. The van der Waals surface area contributed by atoms with Crippen LogP contribution in [0.4, 0.5) is 0 Å². The molecule has 0 aromatic heterocycles. The second kappa shape index (κ2) is 6.43. The molecule has 0 saturated heterocycles. The first-order valence-corrected chi connectivity index (χ1v) is 7.76. The van der Waals surface area contributed by atoms with Crippen molar-refractivity contribution in [1.29, 1.82) is 0 Å². The molecule has 0 spiro atoms. The molecule has 0 amide bonds. The largest absolute Gasteiger partial charge is 0.465 e. The van der Waals surface area contributed by atoms with Crippen LogP contribution < -0.4 is 0 Å². The standard InChI is InChI=1S/C18H26O2/c1-4-5-6-7-17(19)20-13-18(3)11-15-9-8-14(2)10-16(15)12-18/h8-10H,4-7,11-13H2,1-3H3. The minimum Gasteiger partial charge on any atom is -0.465 e. The highest BCUT2D eigenvalue weighted by atomic mass is 16.5. The normalized spacial score (nSPS) is 20.8. The Morgan fingerprint density at radius 1 is 1.25 bits per heavy atom. The van der Waals surface area contributed by atoms with Gasteiger partial charge in [0.25, 0.3) is 0 Å². The van der Waals surface area contributed by atoms with E-state index in [0.717, 1.165) is 32.1 Å². The highest BCUT2D eigenvalue weighted by Gasteiger charge is 2.34. The second-order valence-electron chi connectivity index (χ2n) is 6.55. The molecule has 1 unspecified atom stereocenters. The first-order valence-electron chi connectivity index (χ1n) is 7.76. The number of aryl methyl sites for hydroxylation is 1. The van der Waals surface area contributed by atoms with Gasteiger partial charge in [-0.2, -0.15) is 0 Å². The zero-order valence-corrected chi connectivity index (χ0v) is 13.0. The van der Waals surface area contributed by atoms with Crippen molar-refractivity contribution in [2.45, 2.75) is 59.3 Å². The summed E-state index contributed by atoms with van der Waals surface area (Å²) in [4.78, 5) is 11.7. The lowest BCUT2D eigenvalue weighted by molar-refractivity contribution is -0.147. The predicted molar refractivity (Wildman–Crippen MR) is 81.8 cm³/mol. The third-order valence-corrected chi connectivity index (χ3v) is 4.16. The summed E-state index contributed by atoms with van der Waals surface area (Å²) in [5.74, 6) is -0.0354. The van der Waals surface area contributed by atoms with Gasteiger partial charge in [-0.25, -0.2) is 0 Å². The van der Waals surface area contributed by atoms with Crippen molar-refractivity contribution in [2.24, 2.45) is 5.41 Å². The Morgan fingerprint density at radius 2 is 2.00 bits per heavy atom. The summed E-state index contributed by atoms with van der Waals surface area (Å²) in [6.45, 7) is 7.04. The number of unbranched alkanes of at least 4 members (excludes halogenated alkanes) is 2. The zero-order valence-electron chi connectivity index (χ0n) is 13.0. The number of ether oxygens (including phenoxy) is 1. The summed E-state index contributed by atoms with van der Waals surface area (Å²) in [5.41, 5.74) is 4.23. The fourth-order valence-corrected chi connectivity index (χ4v) is 3.02. The molecule has 1 aliphatic carbocycles. The first kappa shape index (κ1) is 15.1. The molecule has 0 N–H and O–H groups in total. The molecule has 20 heavy (non-hydrogen) atoms. The van der Waals surface area contributed by atoms with E-state index in [4.69, 9.17) is 4.74 Å². The Bertz CT molecular complexity index is 478. The lowest BCUT2D eigenvalue weighted by atomic mass is 9.88. The summed E-state index contributed by atoms with van der Waals surface area (Å²) in [6.07, 6.45) is 5.80. The van der Waals surface area contributed by atoms with Crippen LogP contribution in [0.3, 0.4) is 0 Å². The molecule has 0 fully saturated rings. The predicted octanol–water partition coefficient (Wildman–Crippen LogP) is 4.22. The molecule has 0 aliphatic heterocycles. The van der Waals surface area contributed by atoms with Crippen LogP contribution in [0.2, 0.25) is 0 Å². The van der Waals surface area contributed by atoms with E-state index in [9.17, 15) is 4.79 Å². The number of carbonyl (C=O) groups is 1. The Labute approximate surface area is 122 Å². The highest BCUT2D eigenvalue weighted by molar-refractivity contribution is 5.69. The van der Waals surface area contributed by atoms with E-state index in [2.05, 4.69) is 39.0 Å². The first-order chi connectivity index (χ1) is 9.52. The Balaban J connectivity index is 1.84. The van der Waals surface area contributed by atoms with Crippen LogP contribution in [-0.4, -0.2) is 12.6 Å². The Hall–Kier alpha value is -1.31. The van der Waals surface area contributed by atoms with Crippen molar-refractivity contribution in [2.75, 3.05) is 6.61 Å². The van der Waals surface area contributed by atoms with Crippen LogP contribution >= 0.6 is 0 Å². The van der Waals surface area contributed by atoms with Crippen molar-refractivity contribution in [3.63, 3.8) is 0 Å². The molecule has 1 aromatic carbocycles. The second-order valence-corrected chi connectivity index (χ2v) is 6.55. The van der Waals surface area contributed by atoms with Crippen molar-refractivity contribution in [1.82, 2.24) is 0 Å². The molecule has 0 saturated carbocycles. The molecule has 1 aliphatic rings. The van der Waals surface area contributed by atoms with E-state index < -0.39 is 0 Å². The summed E-state index contributed by atoms with van der Waals surface area (Å²) in [6, 6.07) is 6.66. The van der Waals surface area contributed by atoms with Crippen LogP contribution in [0.25, 0.3) is 0 Å². The van der Waals surface area contributed by atoms with Gasteiger partial charge in [0, 0.05) is 11.8 Å². The van der Waals surface area contributed by atoms with Crippen LogP contribution in [0, 0.1) is 12.3 Å². The van der Waals surface area contributed by atoms with Crippen LogP contribution in [-0.2, 0) is 22.4 Å². The number of rotatable bonds is 6. The third-order valence-electron chi connectivity index (χ3n) is 4.16. The summed E-state index contributed by atoms with van der Waals surface area (Å²) in [7, 11) is 0. The fourth-order valence-electron chi connectivity index (χ4n) is 3.02. The van der Waals surface area contributed by atoms with E-state index in [1.54, 1.807) is 0 Å². The summed E-state index contributed by atoms with van der Waals surface area (Å²) >= 11 is 0. The van der Waals surface area contributed by atoms with E-state index >= 15 is 0 Å². The number of carbonyl (C=O) groups excluding carboxylic acids is 1. The van der Waals surface area contributed by atoms with Gasteiger partial charge < -0.3 is 4.74 Å². The Morgan fingerprint density at radius 3 is 2.75 bits per heavy atom. The van der Waals surface area contributed by atoms with Crippen molar-refractivity contribution in [3.05, 3.63) is 34.9 Å². The van der Waals surface area contributed by atoms with E-state index in [1.807, 2.05) is 0 Å². The van der Waals surface area contributed by atoms with Crippen LogP contribution in [0.15, 0.2) is 18.2 Å². The average Bonchev–Trinajstić information content (AvgIpc) is 2.73. The molecule has 0 bridgehead atoms. The monoisotopic (exact) mass is 274 g/mol. The molecule has 1 aromatic rings. The molecule has 2 rings (SSSR count). The average molecular weight is 274 g/mol. The van der Waals surface area contributed by atoms with Gasteiger partial charge in [-0.3, -0.25) is 4.79 Å². The molecule has 0 radical (unpaired) electrons. The van der Waals surface area contributed by atoms with Gasteiger partial charge in [-0.05, 0) is 37.3 Å². The topological polar surface area (TPSA) is 26.3 Å². The zero-order chi connectivity index (χ0) is 14.6. The number of esters is 1. The highest BCUT2D eigenvalue weighted by Crippen LogP contribution is 2.37. The Kier molecular flexibility index (Phi) is 4.85. The smallest absolute Gasteiger partial charge is 0.305 e. The number of hydrogen-bond donors (Lipinski definition) is 0. The lowest BCUT2D eigenvalue weighted by Gasteiger charge is -2.23. The SMILES string of the molecule is CCCCCC(=O)OCC1(C)Cc2ccc(C)cc2C1. The molecular formula is C18H26O2. The van der Waals surface area contributed by atoms with Gasteiger partial charge in [0.1, 0.15) is 0 Å². The third kappa shape index (κ3) is 3.84. The maximum atomic E-state index is 11.7. The van der Waals surface area contributed by atoms with Crippen molar-refractivity contribution in [3.8, 4) is 0 Å². The molecule has 1 atom stereocenters. The molecule has 2 nitrogen and oxygen atoms in total. The number of fused-ring (bicyclic) bond motifs is 1. The van der Waals surface area contributed by atoms with Crippen LogP contribution in [0.1, 0.15) is 56.2 Å². The van der Waals surface area contributed by atoms with Gasteiger partial charge >= 0.3 is 5.97 Å². The molecule has 0 heterocycles. The maximum absolute atomic E-state index is 11.7. The lowest BCUT2D eigenvalue weighted by Crippen LogP contribution is -2.25. The van der Waals surface area contributed by atoms with Gasteiger partial charge in [0.05, 0.1) is 6.61 Å². The van der Waals surface area contributed by atoms with Crippen LogP contribution in [0.5, 0.6) is 0 Å². The van der Waals surface area contributed by atoms with Crippen molar-refractivity contribution >= 4 is 5.97 Å². The van der Waals surface area contributed by atoms with E-state index in [-0.39, 0.29) is 11.4 Å².